The summed E-state index contributed by atoms with van der Waals surface area (Å²) in [5, 5.41) is 10.2. The largest absolute Gasteiger partial charge is 0.495 e. The van der Waals surface area contributed by atoms with Crippen LogP contribution in [0.25, 0.3) is 10.9 Å². The van der Waals surface area contributed by atoms with Crippen LogP contribution in [0, 0.1) is 13.8 Å². The average molecular weight is 161 g/mol. The van der Waals surface area contributed by atoms with Crippen LogP contribution in [0.1, 0.15) is 11.1 Å². The zero-order valence-corrected chi connectivity index (χ0v) is 7.18. The van der Waals surface area contributed by atoms with Crippen molar-refractivity contribution in [3.05, 3.63) is 29.3 Å². The molecule has 1 aromatic heterocycles. The van der Waals surface area contributed by atoms with Crippen LogP contribution in [0.3, 0.4) is 0 Å². The van der Waals surface area contributed by atoms with Crippen molar-refractivity contribution in [3.8, 4) is 5.88 Å². The van der Waals surface area contributed by atoms with Crippen LogP contribution in [0.5, 0.6) is 5.88 Å². The molecular formula is C10H11NO. The number of aromatic nitrogens is 1. The molecule has 0 saturated heterocycles. The third kappa shape index (κ3) is 0.961. The molecule has 0 aliphatic rings. The number of aromatic hydroxyl groups is 1. The molecule has 2 aromatic rings. The van der Waals surface area contributed by atoms with E-state index in [2.05, 4.69) is 24.9 Å². The summed E-state index contributed by atoms with van der Waals surface area (Å²) in [7, 11) is 0. The Kier molecular flexibility index (Phi) is 1.37. The summed E-state index contributed by atoms with van der Waals surface area (Å²) >= 11 is 0. The molecule has 1 aromatic carbocycles. The van der Waals surface area contributed by atoms with E-state index in [0.717, 1.165) is 10.9 Å². The fraction of sp³-hybridized carbons (Fsp3) is 0.200. The van der Waals surface area contributed by atoms with Gasteiger partial charge in [-0.3, -0.25) is 0 Å². The summed E-state index contributed by atoms with van der Waals surface area (Å²) in [4.78, 5) is 2.88. The van der Waals surface area contributed by atoms with Gasteiger partial charge in [-0.05, 0) is 37.1 Å². The maximum absolute atomic E-state index is 9.18. The first-order chi connectivity index (χ1) is 5.66. The SMILES string of the molecule is Cc1cc2cc(O)[nH]c2cc1C. The van der Waals surface area contributed by atoms with E-state index in [1.807, 2.05) is 6.07 Å². The number of H-pyrrole nitrogens is 1. The lowest BCUT2D eigenvalue weighted by atomic mass is 10.1. The minimum atomic E-state index is 0.231. The number of aryl methyl sites for hydroxylation is 2. The van der Waals surface area contributed by atoms with Crippen molar-refractivity contribution in [1.82, 2.24) is 4.98 Å². The molecule has 0 aliphatic heterocycles. The van der Waals surface area contributed by atoms with Gasteiger partial charge in [-0.1, -0.05) is 0 Å². The first kappa shape index (κ1) is 7.22. The molecule has 2 N–H and O–H groups in total. The number of benzene rings is 1. The van der Waals surface area contributed by atoms with E-state index in [0.29, 0.717) is 0 Å². The molecule has 0 aliphatic carbocycles. The molecule has 2 rings (SSSR count). The summed E-state index contributed by atoms with van der Waals surface area (Å²) in [5.74, 6) is 0.231. The lowest BCUT2D eigenvalue weighted by Gasteiger charge is -1.98. The maximum atomic E-state index is 9.18. The van der Waals surface area contributed by atoms with Gasteiger partial charge in [0.05, 0.1) is 0 Å². The van der Waals surface area contributed by atoms with Gasteiger partial charge in [-0.2, -0.15) is 0 Å². The summed E-state index contributed by atoms with van der Waals surface area (Å²) in [6.07, 6.45) is 0. The van der Waals surface area contributed by atoms with Gasteiger partial charge in [0.25, 0.3) is 0 Å². The second-order valence-corrected chi connectivity index (χ2v) is 3.18. The monoisotopic (exact) mass is 161 g/mol. The van der Waals surface area contributed by atoms with Gasteiger partial charge in [-0.25, -0.2) is 0 Å². The molecule has 12 heavy (non-hydrogen) atoms. The van der Waals surface area contributed by atoms with Gasteiger partial charge in [0.1, 0.15) is 0 Å². The fourth-order valence-corrected chi connectivity index (χ4v) is 1.39. The van der Waals surface area contributed by atoms with Crippen molar-refractivity contribution < 1.29 is 5.11 Å². The molecule has 2 nitrogen and oxygen atoms in total. The molecule has 0 saturated carbocycles. The zero-order chi connectivity index (χ0) is 8.72. The van der Waals surface area contributed by atoms with E-state index < -0.39 is 0 Å². The van der Waals surface area contributed by atoms with Gasteiger partial charge in [0.2, 0.25) is 0 Å². The van der Waals surface area contributed by atoms with Gasteiger partial charge in [0.15, 0.2) is 5.88 Å². The van der Waals surface area contributed by atoms with E-state index in [-0.39, 0.29) is 5.88 Å². The molecule has 0 radical (unpaired) electrons. The molecule has 1 heterocycles. The summed E-state index contributed by atoms with van der Waals surface area (Å²) < 4.78 is 0. The molecule has 2 heteroatoms. The molecule has 0 amide bonds. The van der Waals surface area contributed by atoms with Gasteiger partial charge in [-0.15, -0.1) is 0 Å². The van der Waals surface area contributed by atoms with E-state index in [1.165, 1.54) is 11.1 Å². The Morgan fingerprint density at radius 2 is 1.75 bits per heavy atom. The second-order valence-electron chi connectivity index (χ2n) is 3.18. The third-order valence-corrected chi connectivity index (χ3v) is 2.22. The molecule has 0 fully saturated rings. The van der Waals surface area contributed by atoms with E-state index >= 15 is 0 Å². The lowest BCUT2D eigenvalue weighted by Crippen LogP contribution is -1.79. The van der Waals surface area contributed by atoms with Gasteiger partial charge >= 0.3 is 0 Å². The first-order valence-electron chi connectivity index (χ1n) is 3.96. The normalized spacial score (nSPS) is 10.8. The summed E-state index contributed by atoms with van der Waals surface area (Å²) in [6.45, 7) is 4.13. The van der Waals surface area contributed by atoms with Crippen molar-refractivity contribution in [2.24, 2.45) is 0 Å². The number of rotatable bonds is 0. The van der Waals surface area contributed by atoms with Crippen LogP contribution in [-0.2, 0) is 0 Å². The van der Waals surface area contributed by atoms with Crippen LogP contribution in [-0.4, -0.2) is 10.1 Å². The van der Waals surface area contributed by atoms with Crippen molar-refractivity contribution in [2.75, 3.05) is 0 Å². The molecule has 0 unspecified atom stereocenters. The first-order valence-corrected chi connectivity index (χ1v) is 3.96. The Hall–Kier alpha value is -1.44. The highest BCUT2D eigenvalue weighted by atomic mass is 16.3. The summed E-state index contributed by atoms with van der Waals surface area (Å²) in [6, 6.07) is 5.85. The maximum Gasteiger partial charge on any atom is 0.189 e. The van der Waals surface area contributed by atoms with Crippen LogP contribution >= 0.6 is 0 Å². The van der Waals surface area contributed by atoms with E-state index in [9.17, 15) is 5.11 Å². The molecule has 0 spiro atoms. The van der Waals surface area contributed by atoms with Crippen LogP contribution in [0.4, 0.5) is 0 Å². The highest BCUT2D eigenvalue weighted by Gasteiger charge is 2.00. The van der Waals surface area contributed by atoms with Crippen molar-refractivity contribution in [3.63, 3.8) is 0 Å². The Labute approximate surface area is 70.8 Å². The van der Waals surface area contributed by atoms with Crippen molar-refractivity contribution in [1.29, 1.82) is 0 Å². The highest BCUT2D eigenvalue weighted by molar-refractivity contribution is 5.82. The predicted octanol–water partition coefficient (Wildman–Crippen LogP) is 2.49. The number of aromatic amines is 1. The number of hydrogen-bond donors (Lipinski definition) is 2. The van der Waals surface area contributed by atoms with Gasteiger partial charge in [0, 0.05) is 17.0 Å². The van der Waals surface area contributed by atoms with Crippen LogP contribution in [0.2, 0.25) is 0 Å². The number of fused-ring (bicyclic) bond motifs is 1. The zero-order valence-electron chi connectivity index (χ0n) is 7.18. The van der Waals surface area contributed by atoms with E-state index in [1.54, 1.807) is 6.07 Å². The Balaban J connectivity index is 2.83. The standard InChI is InChI=1S/C10H11NO/c1-6-3-8-5-10(12)11-9(8)4-7(6)2/h3-5,11-12H,1-2H3. The minimum Gasteiger partial charge on any atom is -0.495 e. The molecule has 62 valence electrons. The number of nitrogens with one attached hydrogen (secondary N) is 1. The highest BCUT2D eigenvalue weighted by Crippen LogP contribution is 2.22. The number of hydrogen-bond acceptors (Lipinski definition) is 1. The summed E-state index contributed by atoms with van der Waals surface area (Å²) in [5.41, 5.74) is 3.49. The average Bonchev–Trinajstić information content (AvgIpc) is 2.30. The topological polar surface area (TPSA) is 36.0 Å². The quantitative estimate of drug-likeness (QED) is 0.611. The molecule has 0 atom stereocenters. The molecular weight excluding hydrogens is 150 g/mol. The minimum absolute atomic E-state index is 0.231. The van der Waals surface area contributed by atoms with Crippen molar-refractivity contribution in [2.45, 2.75) is 13.8 Å². The van der Waals surface area contributed by atoms with Gasteiger partial charge < -0.3 is 10.1 Å². The Bertz CT molecular complexity index is 390. The van der Waals surface area contributed by atoms with Crippen LogP contribution < -0.4 is 0 Å². The smallest absolute Gasteiger partial charge is 0.189 e. The second kappa shape index (κ2) is 2.27. The Morgan fingerprint density at radius 1 is 1.08 bits per heavy atom. The fourth-order valence-electron chi connectivity index (χ4n) is 1.39. The van der Waals surface area contributed by atoms with Crippen LogP contribution in [0.15, 0.2) is 18.2 Å². The predicted molar refractivity (Wildman–Crippen MR) is 49.4 cm³/mol. The lowest BCUT2D eigenvalue weighted by molar-refractivity contribution is 0.458. The van der Waals surface area contributed by atoms with Crippen molar-refractivity contribution >= 4 is 10.9 Å². The van der Waals surface area contributed by atoms with E-state index in [4.69, 9.17) is 0 Å². The third-order valence-electron chi connectivity index (χ3n) is 2.22. The molecule has 0 bridgehead atoms. The Morgan fingerprint density at radius 3 is 2.50 bits per heavy atom.